The molecule has 1 nitrogen and oxygen atoms in total. The van der Waals surface area contributed by atoms with Crippen LogP contribution in [-0.2, 0) is 4.43 Å². The van der Waals surface area contributed by atoms with E-state index in [4.69, 9.17) is 4.43 Å². The van der Waals surface area contributed by atoms with Crippen molar-refractivity contribution in [3.8, 4) is 0 Å². The number of hydrogen-bond donors (Lipinski definition) is 0. The van der Waals surface area contributed by atoms with Gasteiger partial charge in [-0.2, -0.15) is 0 Å². The molecule has 0 amide bonds. The Labute approximate surface area is 136 Å². The van der Waals surface area contributed by atoms with Crippen molar-refractivity contribution >= 4 is 19.4 Å². The highest BCUT2D eigenvalue weighted by Gasteiger charge is 2.24. The Morgan fingerprint density at radius 2 is 1.18 bits per heavy atom. The van der Waals surface area contributed by atoms with Crippen LogP contribution >= 0.6 is 0 Å². The quantitative estimate of drug-likeness (QED) is 0.782. The van der Waals surface area contributed by atoms with Gasteiger partial charge in [-0.1, -0.05) is 78.9 Å². The summed E-state index contributed by atoms with van der Waals surface area (Å²) in [6, 6.07) is 17.9. The first-order valence-corrected chi connectivity index (χ1v) is 9.81. The first kappa shape index (κ1) is 15.5. The summed E-state index contributed by atoms with van der Waals surface area (Å²) >= 11 is 0. The minimum atomic E-state index is -1.13. The van der Waals surface area contributed by atoms with Crippen LogP contribution in [0.3, 0.4) is 0 Å². The second kappa shape index (κ2) is 7.25. The molecule has 0 unspecified atom stereocenters. The third-order valence-electron chi connectivity index (χ3n) is 4.46. The standard InChI is InChI=1S/C20H25OSi/c1-16-8-12-19(13-9-16)22(20-14-10-17(2)11-15-20)21-18-6-4-3-5-7-18/h8-15,18H,3-7H2,1-2H3. The SMILES string of the molecule is Cc1ccc([Si](OC2CCCCC2)c2ccc(C)cc2)cc1. The molecule has 0 N–H and O–H groups in total. The molecule has 115 valence electrons. The van der Waals surface area contributed by atoms with Gasteiger partial charge >= 0.3 is 0 Å². The zero-order chi connectivity index (χ0) is 15.4. The van der Waals surface area contributed by atoms with Crippen molar-refractivity contribution in [2.45, 2.75) is 52.1 Å². The molecule has 0 atom stereocenters. The van der Waals surface area contributed by atoms with Crippen molar-refractivity contribution in [2.75, 3.05) is 0 Å². The lowest BCUT2D eigenvalue weighted by Crippen LogP contribution is -2.47. The molecule has 2 aromatic rings. The highest BCUT2D eigenvalue weighted by atomic mass is 28.3. The van der Waals surface area contributed by atoms with Gasteiger partial charge in [-0.15, -0.1) is 0 Å². The Kier molecular flexibility index (Phi) is 5.11. The maximum Gasteiger partial charge on any atom is 0.283 e. The second-order valence-corrected chi connectivity index (χ2v) is 8.49. The van der Waals surface area contributed by atoms with Gasteiger partial charge in [0.05, 0.1) is 0 Å². The molecule has 0 heterocycles. The van der Waals surface area contributed by atoms with E-state index in [1.807, 2.05) is 0 Å². The molecule has 3 rings (SSSR count). The van der Waals surface area contributed by atoms with Gasteiger partial charge in [0, 0.05) is 6.10 Å². The fourth-order valence-electron chi connectivity index (χ4n) is 3.06. The summed E-state index contributed by atoms with van der Waals surface area (Å²) in [6.07, 6.45) is 6.92. The van der Waals surface area contributed by atoms with Crippen molar-refractivity contribution < 1.29 is 4.43 Å². The number of hydrogen-bond acceptors (Lipinski definition) is 1. The number of aryl methyl sites for hydroxylation is 2. The van der Waals surface area contributed by atoms with Crippen LogP contribution in [0.2, 0.25) is 0 Å². The van der Waals surface area contributed by atoms with E-state index < -0.39 is 9.04 Å². The van der Waals surface area contributed by atoms with Crippen LogP contribution in [0.1, 0.15) is 43.2 Å². The molecule has 0 aromatic heterocycles. The van der Waals surface area contributed by atoms with E-state index in [9.17, 15) is 0 Å². The minimum Gasteiger partial charge on any atom is -0.404 e. The summed E-state index contributed by atoms with van der Waals surface area (Å²) in [5.74, 6) is 0. The fraction of sp³-hybridized carbons (Fsp3) is 0.400. The lowest BCUT2D eigenvalue weighted by molar-refractivity contribution is 0.160. The zero-order valence-corrected chi connectivity index (χ0v) is 14.6. The summed E-state index contributed by atoms with van der Waals surface area (Å²) in [4.78, 5) is 0. The van der Waals surface area contributed by atoms with Gasteiger partial charge in [0.25, 0.3) is 9.04 Å². The molecule has 1 radical (unpaired) electrons. The second-order valence-electron chi connectivity index (χ2n) is 6.44. The summed E-state index contributed by atoms with van der Waals surface area (Å²) in [7, 11) is -1.13. The van der Waals surface area contributed by atoms with E-state index in [0.29, 0.717) is 6.10 Å². The van der Waals surface area contributed by atoms with Crippen molar-refractivity contribution in [3.63, 3.8) is 0 Å². The molecule has 0 aliphatic heterocycles. The molecule has 2 heteroatoms. The Morgan fingerprint density at radius 3 is 1.64 bits per heavy atom. The van der Waals surface area contributed by atoms with Gasteiger partial charge < -0.3 is 4.43 Å². The summed E-state index contributed by atoms with van der Waals surface area (Å²) in [6.45, 7) is 4.29. The molecule has 1 saturated carbocycles. The predicted molar refractivity (Wildman–Crippen MR) is 95.3 cm³/mol. The van der Waals surface area contributed by atoms with Gasteiger partial charge in [-0.05, 0) is 37.1 Å². The molecule has 0 spiro atoms. The Hall–Kier alpha value is -1.38. The molecular formula is C20H25OSi. The van der Waals surface area contributed by atoms with Gasteiger partial charge in [0.2, 0.25) is 0 Å². The average molecular weight is 310 g/mol. The van der Waals surface area contributed by atoms with Crippen molar-refractivity contribution in [2.24, 2.45) is 0 Å². The topological polar surface area (TPSA) is 9.23 Å². The Morgan fingerprint density at radius 1 is 0.727 bits per heavy atom. The van der Waals surface area contributed by atoms with E-state index in [2.05, 4.69) is 62.4 Å². The van der Waals surface area contributed by atoms with Crippen LogP contribution in [0.25, 0.3) is 0 Å². The van der Waals surface area contributed by atoms with E-state index in [-0.39, 0.29) is 0 Å². The molecule has 1 aliphatic rings. The monoisotopic (exact) mass is 309 g/mol. The smallest absolute Gasteiger partial charge is 0.283 e. The first-order valence-electron chi connectivity index (χ1n) is 8.40. The molecule has 0 saturated heterocycles. The Balaban J connectivity index is 1.86. The summed E-state index contributed by atoms with van der Waals surface area (Å²) in [5, 5.41) is 2.73. The van der Waals surface area contributed by atoms with Crippen molar-refractivity contribution in [1.82, 2.24) is 0 Å². The lowest BCUT2D eigenvalue weighted by Gasteiger charge is -2.27. The van der Waals surface area contributed by atoms with Crippen LogP contribution in [0, 0.1) is 13.8 Å². The van der Waals surface area contributed by atoms with E-state index in [0.717, 1.165) is 0 Å². The van der Waals surface area contributed by atoms with Gasteiger partial charge in [0.1, 0.15) is 0 Å². The van der Waals surface area contributed by atoms with Gasteiger partial charge in [-0.25, -0.2) is 0 Å². The molecule has 2 aromatic carbocycles. The highest BCUT2D eigenvalue weighted by molar-refractivity contribution is 6.80. The maximum atomic E-state index is 6.65. The zero-order valence-electron chi connectivity index (χ0n) is 13.6. The number of benzene rings is 2. The third-order valence-corrected chi connectivity index (χ3v) is 6.75. The highest BCUT2D eigenvalue weighted by Crippen LogP contribution is 2.21. The Bertz CT molecular complexity index is 537. The molecular weight excluding hydrogens is 284 g/mol. The molecule has 1 aliphatic carbocycles. The number of rotatable bonds is 4. The van der Waals surface area contributed by atoms with Gasteiger partial charge in [0.15, 0.2) is 0 Å². The molecule has 1 fully saturated rings. The van der Waals surface area contributed by atoms with E-state index in [1.54, 1.807) is 0 Å². The van der Waals surface area contributed by atoms with Crippen LogP contribution in [0.5, 0.6) is 0 Å². The van der Waals surface area contributed by atoms with Crippen LogP contribution in [0.4, 0.5) is 0 Å². The van der Waals surface area contributed by atoms with Crippen molar-refractivity contribution in [3.05, 3.63) is 59.7 Å². The minimum absolute atomic E-state index is 0.449. The summed E-state index contributed by atoms with van der Waals surface area (Å²) in [5.41, 5.74) is 2.62. The first-order chi connectivity index (χ1) is 10.7. The maximum absolute atomic E-state index is 6.65. The largest absolute Gasteiger partial charge is 0.404 e. The fourth-order valence-corrected chi connectivity index (χ4v) is 5.18. The normalized spacial score (nSPS) is 16.1. The molecule has 0 bridgehead atoms. The van der Waals surface area contributed by atoms with Crippen LogP contribution < -0.4 is 10.4 Å². The van der Waals surface area contributed by atoms with Crippen LogP contribution in [-0.4, -0.2) is 15.1 Å². The van der Waals surface area contributed by atoms with Crippen LogP contribution in [0.15, 0.2) is 48.5 Å². The average Bonchev–Trinajstić information content (AvgIpc) is 2.56. The van der Waals surface area contributed by atoms with E-state index in [1.165, 1.54) is 53.6 Å². The summed E-state index contributed by atoms with van der Waals surface area (Å²) < 4.78 is 6.65. The molecule has 22 heavy (non-hydrogen) atoms. The van der Waals surface area contributed by atoms with E-state index >= 15 is 0 Å². The van der Waals surface area contributed by atoms with Gasteiger partial charge in [-0.3, -0.25) is 0 Å². The lowest BCUT2D eigenvalue weighted by atomic mass is 9.98. The third kappa shape index (κ3) is 3.87. The van der Waals surface area contributed by atoms with Crippen molar-refractivity contribution in [1.29, 1.82) is 0 Å². The predicted octanol–water partition coefficient (Wildman–Crippen LogP) is 3.76.